The molecule has 4 heterocycles. The smallest absolute Gasteiger partial charge is 0.270 e. The lowest BCUT2D eigenvalue weighted by atomic mass is 9.80. The van der Waals surface area contributed by atoms with Gasteiger partial charge in [-0.05, 0) is 31.0 Å². The van der Waals surface area contributed by atoms with Crippen LogP contribution in [0.3, 0.4) is 0 Å². The summed E-state index contributed by atoms with van der Waals surface area (Å²) in [6.45, 7) is 4.33. The topological polar surface area (TPSA) is 74.3 Å². The van der Waals surface area contributed by atoms with E-state index in [1.807, 2.05) is 41.3 Å². The Hall–Kier alpha value is -2.93. The molecular formula is C22H25N5O2. The zero-order valence-corrected chi connectivity index (χ0v) is 16.4. The zero-order chi connectivity index (χ0) is 19.7. The van der Waals surface area contributed by atoms with Crippen LogP contribution in [0.15, 0.2) is 48.8 Å². The van der Waals surface area contributed by atoms with Gasteiger partial charge in [0.1, 0.15) is 5.69 Å². The Bertz CT molecular complexity index is 972. The van der Waals surface area contributed by atoms with Crippen LogP contribution in [0, 0.1) is 5.41 Å². The summed E-state index contributed by atoms with van der Waals surface area (Å²) >= 11 is 0. The summed E-state index contributed by atoms with van der Waals surface area (Å²) in [6, 6.07) is 11.8. The van der Waals surface area contributed by atoms with Crippen molar-refractivity contribution in [1.82, 2.24) is 19.9 Å². The Morgan fingerprint density at radius 3 is 2.83 bits per heavy atom. The van der Waals surface area contributed by atoms with Gasteiger partial charge in [0.25, 0.3) is 5.91 Å². The summed E-state index contributed by atoms with van der Waals surface area (Å²) in [5.41, 5.74) is 1.55. The first-order valence-corrected chi connectivity index (χ1v) is 10.2. The molecule has 7 heteroatoms. The molecule has 1 spiro atoms. The molecule has 0 radical (unpaired) electrons. The number of amides is 1. The van der Waals surface area contributed by atoms with Crippen LogP contribution in [0.4, 0.5) is 5.95 Å². The van der Waals surface area contributed by atoms with E-state index in [1.165, 1.54) is 0 Å². The fourth-order valence-corrected chi connectivity index (χ4v) is 4.61. The Balaban J connectivity index is 1.37. The van der Waals surface area contributed by atoms with Crippen LogP contribution in [0.1, 0.15) is 23.3 Å². The second-order valence-corrected chi connectivity index (χ2v) is 8.12. The van der Waals surface area contributed by atoms with Crippen molar-refractivity contribution in [3.8, 4) is 0 Å². The molecular weight excluding hydrogens is 366 g/mol. The number of piperidine rings is 1. The summed E-state index contributed by atoms with van der Waals surface area (Å²) in [5.74, 6) is 0.795. The van der Waals surface area contributed by atoms with Gasteiger partial charge in [-0.2, -0.15) is 0 Å². The number of carbonyl (C=O) groups is 1. The van der Waals surface area contributed by atoms with E-state index in [-0.39, 0.29) is 11.3 Å². The summed E-state index contributed by atoms with van der Waals surface area (Å²) < 4.78 is 5.98. The zero-order valence-electron chi connectivity index (χ0n) is 16.4. The molecule has 0 aliphatic carbocycles. The monoisotopic (exact) mass is 391 g/mol. The summed E-state index contributed by atoms with van der Waals surface area (Å²) in [5, 5.41) is 1.06. The van der Waals surface area contributed by atoms with E-state index >= 15 is 0 Å². The van der Waals surface area contributed by atoms with E-state index in [9.17, 15) is 4.79 Å². The van der Waals surface area contributed by atoms with Gasteiger partial charge in [0, 0.05) is 54.9 Å². The van der Waals surface area contributed by atoms with Gasteiger partial charge in [-0.25, -0.2) is 9.97 Å². The van der Waals surface area contributed by atoms with Crippen LogP contribution in [0.5, 0.6) is 0 Å². The molecule has 2 fully saturated rings. The number of H-pyrrole nitrogens is 1. The van der Waals surface area contributed by atoms with Gasteiger partial charge in [0.2, 0.25) is 5.95 Å². The summed E-state index contributed by atoms with van der Waals surface area (Å²) in [4.78, 5) is 29.5. The van der Waals surface area contributed by atoms with Gasteiger partial charge < -0.3 is 19.5 Å². The summed E-state index contributed by atoms with van der Waals surface area (Å²) in [7, 11) is 0. The van der Waals surface area contributed by atoms with Gasteiger partial charge >= 0.3 is 0 Å². The van der Waals surface area contributed by atoms with E-state index in [4.69, 9.17) is 4.74 Å². The highest BCUT2D eigenvalue weighted by molar-refractivity contribution is 5.98. The average Bonchev–Trinajstić information content (AvgIpc) is 3.10. The maximum atomic E-state index is 13.2. The van der Waals surface area contributed by atoms with Crippen molar-refractivity contribution in [2.24, 2.45) is 5.41 Å². The van der Waals surface area contributed by atoms with E-state index < -0.39 is 0 Å². The van der Waals surface area contributed by atoms with Gasteiger partial charge in [0.15, 0.2) is 0 Å². The van der Waals surface area contributed by atoms with E-state index in [0.29, 0.717) is 25.5 Å². The number of aromatic amines is 1. The number of nitrogens with one attached hydrogen (secondary N) is 1. The number of aromatic nitrogens is 3. The van der Waals surface area contributed by atoms with E-state index in [2.05, 4.69) is 19.9 Å². The molecule has 150 valence electrons. The second-order valence-electron chi connectivity index (χ2n) is 8.12. The molecule has 29 heavy (non-hydrogen) atoms. The molecule has 5 rings (SSSR count). The number of carbonyl (C=O) groups excluding carboxylic acids is 1. The Morgan fingerprint density at radius 2 is 1.97 bits per heavy atom. The van der Waals surface area contributed by atoms with Gasteiger partial charge in [-0.1, -0.05) is 18.2 Å². The molecule has 0 saturated carbocycles. The largest absolute Gasteiger partial charge is 0.379 e. The number of rotatable bonds is 2. The van der Waals surface area contributed by atoms with Crippen molar-refractivity contribution in [1.29, 1.82) is 0 Å². The first-order valence-electron chi connectivity index (χ1n) is 10.2. The van der Waals surface area contributed by atoms with Crippen LogP contribution >= 0.6 is 0 Å². The highest BCUT2D eigenvalue weighted by Gasteiger charge is 2.41. The predicted octanol–water partition coefficient (Wildman–Crippen LogP) is 2.72. The normalized spacial score (nSPS) is 22.8. The maximum Gasteiger partial charge on any atom is 0.270 e. The molecule has 7 nitrogen and oxygen atoms in total. The summed E-state index contributed by atoms with van der Waals surface area (Å²) in [6.07, 6.45) is 5.55. The Labute approximate surface area is 169 Å². The molecule has 2 aliphatic rings. The van der Waals surface area contributed by atoms with Crippen LogP contribution in [0.25, 0.3) is 10.9 Å². The number of para-hydroxylation sites is 1. The SMILES string of the molecule is O=C(c1cc2ccccc2[nH]1)N1CCC[C@]2(COCCN(c3ncccn3)C2)C1. The van der Waals surface area contributed by atoms with Crippen LogP contribution < -0.4 is 4.90 Å². The lowest BCUT2D eigenvalue weighted by molar-refractivity contribution is 0.0133. The molecule has 1 N–H and O–H groups in total. The third-order valence-electron chi connectivity index (χ3n) is 5.98. The number of hydrogen-bond acceptors (Lipinski definition) is 5. The molecule has 2 aromatic heterocycles. The molecule has 1 atom stereocenters. The predicted molar refractivity (Wildman–Crippen MR) is 111 cm³/mol. The van der Waals surface area contributed by atoms with Crippen LogP contribution in [0.2, 0.25) is 0 Å². The molecule has 0 unspecified atom stereocenters. The fourth-order valence-electron chi connectivity index (χ4n) is 4.61. The molecule has 2 aliphatic heterocycles. The van der Waals surface area contributed by atoms with Gasteiger partial charge in [-0.15, -0.1) is 0 Å². The van der Waals surface area contributed by atoms with Crippen molar-refractivity contribution < 1.29 is 9.53 Å². The quantitative estimate of drug-likeness (QED) is 0.727. The lowest BCUT2D eigenvalue weighted by Crippen LogP contribution is -2.52. The standard InChI is InChI=1S/C22H25N5O2/c28-20(19-13-17-5-1-2-6-18(17)25-19)26-10-3-7-22(14-26)15-27(11-12-29-16-22)21-23-8-4-9-24-21/h1-2,4-6,8-9,13,25H,3,7,10-12,14-16H2/t22-/m0/s1. The number of nitrogens with zero attached hydrogens (tertiary/aromatic N) is 4. The van der Waals surface area contributed by atoms with E-state index in [0.717, 1.165) is 49.3 Å². The van der Waals surface area contributed by atoms with Crippen molar-refractivity contribution in [2.75, 3.05) is 44.3 Å². The highest BCUT2D eigenvalue weighted by Crippen LogP contribution is 2.34. The second kappa shape index (κ2) is 7.48. The first-order chi connectivity index (χ1) is 14.2. The molecule has 2 saturated heterocycles. The highest BCUT2D eigenvalue weighted by atomic mass is 16.5. The van der Waals surface area contributed by atoms with Crippen molar-refractivity contribution in [3.63, 3.8) is 0 Å². The minimum Gasteiger partial charge on any atom is -0.379 e. The number of benzene rings is 1. The Morgan fingerprint density at radius 1 is 1.10 bits per heavy atom. The first kappa shape index (κ1) is 18.1. The average molecular weight is 391 g/mol. The Kier molecular flexibility index (Phi) is 4.67. The number of hydrogen-bond donors (Lipinski definition) is 1. The minimum atomic E-state index is -0.102. The third kappa shape index (κ3) is 3.58. The van der Waals surface area contributed by atoms with Gasteiger partial charge in [-0.3, -0.25) is 4.79 Å². The molecule has 1 amide bonds. The molecule has 1 aromatic carbocycles. The van der Waals surface area contributed by atoms with Crippen molar-refractivity contribution >= 4 is 22.8 Å². The van der Waals surface area contributed by atoms with Crippen molar-refractivity contribution in [2.45, 2.75) is 12.8 Å². The molecule has 0 bridgehead atoms. The van der Waals surface area contributed by atoms with Crippen LogP contribution in [-0.2, 0) is 4.74 Å². The number of ether oxygens (including phenoxy) is 1. The number of fused-ring (bicyclic) bond motifs is 1. The van der Waals surface area contributed by atoms with Gasteiger partial charge in [0.05, 0.1) is 13.2 Å². The van der Waals surface area contributed by atoms with Crippen molar-refractivity contribution in [3.05, 3.63) is 54.5 Å². The fraction of sp³-hybridized carbons (Fsp3) is 0.409. The maximum absolute atomic E-state index is 13.2. The number of likely N-dealkylation sites (tertiary alicyclic amines) is 1. The molecule has 3 aromatic rings. The minimum absolute atomic E-state index is 0.0621. The van der Waals surface area contributed by atoms with E-state index in [1.54, 1.807) is 12.4 Å². The van der Waals surface area contributed by atoms with Crippen LogP contribution in [-0.4, -0.2) is 65.2 Å². The number of anilines is 1. The lowest BCUT2D eigenvalue weighted by Gasteiger charge is -2.43. The third-order valence-corrected chi connectivity index (χ3v) is 5.98.